The topological polar surface area (TPSA) is 61.8 Å². The van der Waals surface area contributed by atoms with E-state index >= 15 is 0 Å². The summed E-state index contributed by atoms with van der Waals surface area (Å²) in [5.74, 6) is 0.676. The number of aliphatic imine (C=N–C) groups is 1. The van der Waals surface area contributed by atoms with Crippen molar-refractivity contribution in [1.29, 1.82) is 0 Å². The van der Waals surface area contributed by atoms with Crippen LogP contribution in [0.3, 0.4) is 0 Å². The van der Waals surface area contributed by atoms with Gasteiger partial charge < -0.3 is 10.2 Å². The van der Waals surface area contributed by atoms with Crippen molar-refractivity contribution in [3.05, 3.63) is 51.7 Å². The molecule has 2 rings (SSSR count). The lowest BCUT2D eigenvalue weighted by Crippen LogP contribution is -2.46. The summed E-state index contributed by atoms with van der Waals surface area (Å²) in [6.45, 7) is 2.61. The van der Waals surface area contributed by atoms with Crippen LogP contribution in [0.25, 0.3) is 0 Å². The molecule has 0 radical (unpaired) electrons. The maximum Gasteiger partial charge on any atom is 0.193 e. The van der Waals surface area contributed by atoms with Gasteiger partial charge in [0.1, 0.15) is 0 Å². The van der Waals surface area contributed by atoms with Crippen molar-refractivity contribution < 1.29 is 8.42 Å². The highest BCUT2D eigenvalue weighted by atomic mass is 127. The first-order valence-electron chi connectivity index (χ1n) is 8.32. The van der Waals surface area contributed by atoms with Gasteiger partial charge in [0.05, 0.1) is 21.5 Å². The van der Waals surface area contributed by atoms with E-state index < -0.39 is 9.84 Å². The fourth-order valence-electron chi connectivity index (χ4n) is 2.52. The number of sulfone groups is 1. The zero-order valence-corrected chi connectivity index (χ0v) is 20.3. The van der Waals surface area contributed by atoms with Gasteiger partial charge in [-0.2, -0.15) is 0 Å². The molecule has 0 aliphatic carbocycles. The number of hydrogen-bond acceptors (Lipinski definition) is 4. The number of hydrogen-bond donors (Lipinski definition) is 1. The van der Waals surface area contributed by atoms with Gasteiger partial charge in [-0.3, -0.25) is 4.99 Å². The van der Waals surface area contributed by atoms with Crippen LogP contribution in [-0.2, 0) is 16.4 Å². The Morgan fingerprint density at radius 3 is 2.44 bits per heavy atom. The van der Waals surface area contributed by atoms with Gasteiger partial charge in [0.15, 0.2) is 15.8 Å². The van der Waals surface area contributed by atoms with E-state index in [-0.39, 0.29) is 35.8 Å². The van der Waals surface area contributed by atoms with Gasteiger partial charge in [-0.05, 0) is 30.7 Å². The number of rotatable bonds is 7. The molecule has 0 aliphatic heterocycles. The average Bonchev–Trinajstić information content (AvgIpc) is 3.03. The average molecular weight is 542 g/mol. The van der Waals surface area contributed by atoms with Crippen molar-refractivity contribution in [2.75, 3.05) is 19.8 Å². The molecule has 2 aromatic rings. The largest absolute Gasteiger partial charge is 0.352 e. The minimum atomic E-state index is -3.36. The van der Waals surface area contributed by atoms with E-state index in [4.69, 9.17) is 11.6 Å². The molecule has 1 aromatic carbocycles. The normalized spacial score (nSPS) is 13.0. The molecule has 0 fully saturated rings. The molecule has 0 spiro atoms. The fourth-order valence-corrected chi connectivity index (χ4v) is 5.28. The molecule has 1 atom stereocenters. The monoisotopic (exact) mass is 541 g/mol. The van der Waals surface area contributed by atoms with Crippen molar-refractivity contribution in [3.8, 4) is 0 Å². The standard InChI is InChI=1S/C18H24ClN3O2S2.HI/c1-4-14(13-26(23,24)16-8-6-5-7-9-16)21-18(20-2)22(3)12-15-10-11-17(19)25-15;/h5-11,14H,4,12-13H2,1-3H3,(H,20,21);1H. The second kappa shape index (κ2) is 11.2. The Labute approximate surface area is 187 Å². The minimum Gasteiger partial charge on any atom is -0.352 e. The van der Waals surface area contributed by atoms with Gasteiger partial charge in [-0.15, -0.1) is 35.3 Å². The molecule has 150 valence electrons. The maximum atomic E-state index is 12.6. The van der Waals surface area contributed by atoms with Crippen molar-refractivity contribution in [2.45, 2.75) is 30.8 Å². The summed E-state index contributed by atoms with van der Waals surface area (Å²) in [6.07, 6.45) is 0.670. The number of nitrogens with zero attached hydrogens (tertiary/aromatic N) is 2. The first-order valence-corrected chi connectivity index (χ1v) is 11.2. The molecule has 1 aromatic heterocycles. The minimum absolute atomic E-state index is 0. The molecular formula is C18H25ClIN3O2S2. The van der Waals surface area contributed by atoms with Gasteiger partial charge in [0.2, 0.25) is 0 Å². The second-order valence-corrected chi connectivity index (χ2v) is 9.79. The van der Waals surface area contributed by atoms with Gasteiger partial charge in [-0.1, -0.05) is 36.7 Å². The lowest BCUT2D eigenvalue weighted by atomic mass is 10.2. The van der Waals surface area contributed by atoms with Crippen LogP contribution in [-0.4, -0.2) is 45.2 Å². The Morgan fingerprint density at radius 1 is 1.26 bits per heavy atom. The predicted molar refractivity (Wildman–Crippen MR) is 125 cm³/mol. The Bertz CT molecular complexity index is 841. The Balaban J connectivity index is 0.00000364. The Hall–Kier alpha value is -0.840. The summed E-state index contributed by atoms with van der Waals surface area (Å²) in [5, 5.41) is 3.27. The second-order valence-electron chi connectivity index (χ2n) is 5.95. The third-order valence-electron chi connectivity index (χ3n) is 3.94. The molecule has 0 saturated carbocycles. The van der Waals surface area contributed by atoms with Gasteiger partial charge in [0, 0.05) is 25.0 Å². The van der Waals surface area contributed by atoms with E-state index in [2.05, 4.69) is 10.3 Å². The van der Waals surface area contributed by atoms with Crippen LogP contribution < -0.4 is 5.32 Å². The summed E-state index contributed by atoms with van der Waals surface area (Å²) in [7, 11) is 0.253. The first-order chi connectivity index (χ1) is 12.4. The lowest BCUT2D eigenvalue weighted by molar-refractivity contribution is 0.464. The highest BCUT2D eigenvalue weighted by Gasteiger charge is 2.22. The van der Waals surface area contributed by atoms with Crippen molar-refractivity contribution in [1.82, 2.24) is 10.2 Å². The number of nitrogens with one attached hydrogen (secondary N) is 1. The summed E-state index contributed by atoms with van der Waals surface area (Å²) in [4.78, 5) is 7.71. The zero-order chi connectivity index (χ0) is 19.2. The molecule has 0 bridgehead atoms. The summed E-state index contributed by atoms with van der Waals surface area (Å²) in [6, 6.07) is 12.2. The third kappa shape index (κ3) is 7.24. The van der Waals surface area contributed by atoms with Crippen molar-refractivity contribution >= 4 is 62.7 Å². The molecule has 9 heteroatoms. The SMILES string of the molecule is CCC(CS(=O)(=O)c1ccccc1)NC(=NC)N(C)Cc1ccc(Cl)s1.I. The molecule has 1 unspecified atom stereocenters. The fraction of sp³-hybridized carbons (Fsp3) is 0.389. The van der Waals surface area contributed by atoms with E-state index in [9.17, 15) is 8.42 Å². The number of benzene rings is 1. The lowest BCUT2D eigenvalue weighted by Gasteiger charge is -2.26. The summed E-state index contributed by atoms with van der Waals surface area (Å²) >= 11 is 7.50. The Morgan fingerprint density at radius 2 is 1.93 bits per heavy atom. The summed E-state index contributed by atoms with van der Waals surface area (Å²) < 4.78 is 26.0. The van der Waals surface area contributed by atoms with Gasteiger partial charge in [0.25, 0.3) is 0 Å². The summed E-state index contributed by atoms with van der Waals surface area (Å²) in [5.41, 5.74) is 0. The predicted octanol–water partition coefficient (Wildman–Crippen LogP) is 4.28. The third-order valence-corrected chi connectivity index (χ3v) is 6.99. The van der Waals surface area contributed by atoms with Crippen molar-refractivity contribution in [3.63, 3.8) is 0 Å². The quantitative estimate of drug-likeness (QED) is 0.323. The molecule has 1 heterocycles. The Kier molecular flexibility index (Phi) is 10.1. The number of thiophene rings is 1. The molecule has 0 saturated heterocycles. The maximum absolute atomic E-state index is 12.6. The van der Waals surface area contributed by atoms with Crippen LogP contribution in [0, 0.1) is 0 Å². The van der Waals surface area contributed by atoms with Crippen LogP contribution in [0.4, 0.5) is 0 Å². The van der Waals surface area contributed by atoms with Crippen LogP contribution in [0.5, 0.6) is 0 Å². The smallest absolute Gasteiger partial charge is 0.193 e. The van der Waals surface area contributed by atoms with Crippen LogP contribution in [0.15, 0.2) is 52.4 Å². The van der Waals surface area contributed by atoms with Crippen LogP contribution in [0.2, 0.25) is 4.34 Å². The molecule has 0 aliphatic rings. The molecule has 27 heavy (non-hydrogen) atoms. The zero-order valence-electron chi connectivity index (χ0n) is 15.6. The van der Waals surface area contributed by atoms with E-state index in [0.717, 1.165) is 9.21 Å². The van der Waals surface area contributed by atoms with E-state index in [1.165, 1.54) is 11.3 Å². The van der Waals surface area contributed by atoms with Crippen LogP contribution >= 0.6 is 46.9 Å². The van der Waals surface area contributed by atoms with Crippen molar-refractivity contribution in [2.24, 2.45) is 4.99 Å². The first kappa shape index (κ1) is 24.2. The molecule has 1 N–H and O–H groups in total. The van der Waals surface area contributed by atoms with E-state index in [1.54, 1.807) is 31.3 Å². The number of guanidine groups is 1. The van der Waals surface area contributed by atoms with Gasteiger partial charge in [-0.25, -0.2) is 8.42 Å². The number of halogens is 2. The highest BCUT2D eigenvalue weighted by Crippen LogP contribution is 2.22. The highest BCUT2D eigenvalue weighted by molar-refractivity contribution is 14.0. The molecular weight excluding hydrogens is 517 g/mol. The molecule has 5 nitrogen and oxygen atoms in total. The van der Waals surface area contributed by atoms with E-state index in [0.29, 0.717) is 23.8 Å². The van der Waals surface area contributed by atoms with Gasteiger partial charge >= 0.3 is 0 Å². The molecule has 0 amide bonds. The van der Waals surface area contributed by atoms with E-state index in [1.807, 2.05) is 37.1 Å². The van der Waals surface area contributed by atoms with Crippen LogP contribution in [0.1, 0.15) is 18.2 Å².